The standard InChI is InChI=1S/C11H21NO/c1-11(2)6-5-10(11)12-8-3-4-9(13)7-8/h8-10,12-13H,3-7H2,1-2H3/t8-,9+,10?/m0/s1. The molecule has 2 fully saturated rings. The third kappa shape index (κ3) is 1.89. The van der Waals surface area contributed by atoms with Crippen LogP contribution in [-0.2, 0) is 0 Å². The van der Waals surface area contributed by atoms with E-state index in [4.69, 9.17) is 0 Å². The van der Waals surface area contributed by atoms with Gasteiger partial charge in [-0.1, -0.05) is 13.8 Å². The van der Waals surface area contributed by atoms with Gasteiger partial charge in [-0.2, -0.15) is 0 Å². The Labute approximate surface area is 80.7 Å². The smallest absolute Gasteiger partial charge is 0.0555 e. The molecule has 3 atom stereocenters. The van der Waals surface area contributed by atoms with Crippen LogP contribution in [0, 0.1) is 5.41 Å². The Bertz CT molecular complexity index is 191. The summed E-state index contributed by atoms with van der Waals surface area (Å²) in [6, 6.07) is 1.28. The van der Waals surface area contributed by atoms with E-state index in [0.717, 1.165) is 19.3 Å². The van der Waals surface area contributed by atoms with Gasteiger partial charge in [-0.25, -0.2) is 0 Å². The summed E-state index contributed by atoms with van der Waals surface area (Å²) in [5.41, 5.74) is 0.494. The van der Waals surface area contributed by atoms with Gasteiger partial charge in [-0.15, -0.1) is 0 Å². The van der Waals surface area contributed by atoms with E-state index in [1.165, 1.54) is 12.8 Å². The fraction of sp³-hybridized carbons (Fsp3) is 1.00. The van der Waals surface area contributed by atoms with Crippen LogP contribution in [0.5, 0.6) is 0 Å². The molecule has 0 bridgehead atoms. The summed E-state index contributed by atoms with van der Waals surface area (Å²) >= 11 is 0. The Kier molecular flexibility index (Phi) is 2.37. The van der Waals surface area contributed by atoms with Crippen LogP contribution in [0.1, 0.15) is 46.0 Å². The molecule has 0 saturated heterocycles. The Balaban J connectivity index is 1.79. The molecular formula is C11H21NO. The molecule has 0 aromatic carbocycles. The maximum absolute atomic E-state index is 9.39. The van der Waals surface area contributed by atoms with Crippen LogP contribution in [0.3, 0.4) is 0 Å². The minimum atomic E-state index is -0.0410. The van der Waals surface area contributed by atoms with Crippen LogP contribution in [0.25, 0.3) is 0 Å². The van der Waals surface area contributed by atoms with Crippen molar-refractivity contribution in [2.24, 2.45) is 5.41 Å². The normalized spacial score (nSPS) is 43.2. The maximum Gasteiger partial charge on any atom is 0.0555 e. The monoisotopic (exact) mass is 183 g/mol. The van der Waals surface area contributed by atoms with Crippen molar-refractivity contribution in [3.63, 3.8) is 0 Å². The second kappa shape index (κ2) is 3.25. The van der Waals surface area contributed by atoms with Gasteiger partial charge in [0.2, 0.25) is 0 Å². The van der Waals surface area contributed by atoms with Crippen molar-refractivity contribution in [2.75, 3.05) is 0 Å². The van der Waals surface area contributed by atoms with E-state index in [9.17, 15) is 5.11 Å². The number of aliphatic hydroxyl groups is 1. The average Bonchev–Trinajstić information content (AvgIpc) is 2.46. The Hall–Kier alpha value is -0.0800. The summed E-state index contributed by atoms with van der Waals surface area (Å²) < 4.78 is 0. The first-order valence-electron chi connectivity index (χ1n) is 5.52. The van der Waals surface area contributed by atoms with Crippen LogP contribution in [0.4, 0.5) is 0 Å². The lowest BCUT2D eigenvalue weighted by Gasteiger charge is -2.46. The molecule has 2 N–H and O–H groups in total. The lowest BCUT2D eigenvalue weighted by atomic mass is 9.67. The summed E-state index contributed by atoms with van der Waals surface area (Å²) in [6.07, 6.45) is 5.74. The summed E-state index contributed by atoms with van der Waals surface area (Å²) in [6.45, 7) is 4.67. The largest absolute Gasteiger partial charge is 0.393 e. The van der Waals surface area contributed by atoms with Crippen LogP contribution >= 0.6 is 0 Å². The van der Waals surface area contributed by atoms with Crippen LogP contribution in [0.15, 0.2) is 0 Å². The second-order valence-corrected chi connectivity index (χ2v) is 5.41. The number of rotatable bonds is 2. The molecule has 0 aromatic heterocycles. The minimum absolute atomic E-state index is 0.0410. The molecule has 2 saturated carbocycles. The minimum Gasteiger partial charge on any atom is -0.393 e. The lowest BCUT2D eigenvalue weighted by molar-refractivity contribution is 0.0950. The van der Waals surface area contributed by atoms with Crippen molar-refractivity contribution < 1.29 is 5.11 Å². The van der Waals surface area contributed by atoms with E-state index in [2.05, 4.69) is 19.2 Å². The lowest BCUT2D eigenvalue weighted by Crippen LogP contribution is -2.53. The topological polar surface area (TPSA) is 32.3 Å². The molecule has 0 radical (unpaired) electrons. The predicted octanol–water partition coefficient (Wildman–Crippen LogP) is 1.68. The van der Waals surface area contributed by atoms with Crippen LogP contribution in [0.2, 0.25) is 0 Å². The summed E-state index contributed by atoms with van der Waals surface area (Å²) in [5, 5.41) is 13.1. The molecule has 0 spiro atoms. The van der Waals surface area contributed by atoms with Crippen molar-refractivity contribution in [2.45, 2.75) is 64.1 Å². The summed E-state index contributed by atoms with van der Waals surface area (Å²) in [7, 11) is 0. The zero-order valence-electron chi connectivity index (χ0n) is 8.71. The third-order valence-corrected chi connectivity index (χ3v) is 3.86. The molecule has 13 heavy (non-hydrogen) atoms. The van der Waals surface area contributed by atoms with E-state index in [-0.39, 0.29) is 6.10 Å². The first-order valence-corrected chi connectivity index (χ1v) is 5.52. The van der Waals surface area contributed by atoms with Crippen molar-refractivity contribution in [3.8, 4) is 0 Å². The zero-order chi connectivity index (χ0) is 9.47. The number of hydrogen-bond donors (Lipinski definition) is 2. The Morgan fingerprint density at radius 3 is 2.38 bits per heavy atom. The molecule has 2 nitrogen and oxygen atoms in total. The van der Waals surface area contributed by atoms with E-state index < -0.39 is 0 Å². The Morgan fingerprint density at radius 2 is 2.00 bits per heavy atom. The van der Waals surface area contributed by atoms with Gasteiger partial charge in [-0.05, 0) is 37.5 Å². The molecule has 2 heteroatoms. The maximum atomic E-state index is 9.39. The second-order valence-electron chi connectivity index (χ2n) is 5.41. The highest BCUT2D eigenvalue weighted by atomic mass is 16.3. The van der Waals surface area contributed by atoms with Crippen molar-refractivity contribution in [1.29, 1.82) is 0 Å². The zero-order valence-corrected chi connectivity index (χ0v) is 8.71. The van der Waals surface area contributed by atoms with E-state index >= 15 is 0 Å². The van der Waals surface area contributed by atoms with Crippen molar-refractivity contribution >= 4 is 0 Å². The van der Waals surface area contributed by atoms with Gasteiger partial charge in [0.05, 0.1) is 6.10 Å². The van der Waals surface area contributed by atoms with E-state index in [1.807, 2.05) is 0 Å². The third-order valence-electron chi connectivity index (χ3n) is 3.86. The summed E-state index contributed by atoms with van der Waals surface area (Å²) in [4.78, 5) is 0. The van der Waals surface area contributed by atoms with Gasteiger partial charge in [0.25, 0.3) is 0 Å². The van der Waals surface area contributed by atoms with Crippen molar-refractivity contribution in [1.82, 2.24) is 5.32 Å². The number of aliphatic hydroxyl groups excluding tert-OH is 1. The van der Waals surface area contributed by atoms with Crippen LogP contribution in [-0.4, -0.2) is 23.3 Å². The average molecular weight is 183 g/mol. The molecule has 2 aliphatic carbocycles. The van der Waals surface area contributed by atoms with Gasteiger partial charge in [-0.3, -0.25) is 0 Å². The van der Waals surface area contributed by atoms with Gasteiger partial charge in [0.15, 0.2) is 0 Å². The molecule has 0 heterocycles. The molecule has 2 rings (SSSR count). The molecule has 0 amide bonds. The van der Waals surface area contributed by atoms with Gasteiger partial charge in [0.1, 0.15) is 0 Å². The van der Waals surface area contributed by atoms with Gasteiger partial charge < -0.3 is 10.4 Å². The van der Waals surface area contributed by atoms with Gasteiger partial charge >= 0.3 is 0 Å². The molecule has 76 valence electrons. The fourth-order valence-corrected chi connectivity index (χ4v) is 2.57. The first-order chi connectivity index (χ1) is 6.08. The molecule has 0 aromatic rings. The first kappa shape index (κ1) is 9.47. The highest BCUT2D eigenvalue weighted by Gasteiger charge is 2.40. The molecular weight excluding hydrogens is 162 g/mol. The summed E-state index contributed by atoms with van der Waals surface area (Å²) in [5.74, 6) is 0. The van der Waals surface area contributed by atoms with E-state index in [1.54, 1.807) is 0 Å². The van der Waals surface area contributed by atoms with Crippen LogP contribution < -0.4 is 5.32 Å². The SMILES string of the molecule is CC1(C)CCC1N[C@H]1CC[C@@H](O)C1. The molecule has 0 aliphatic heterocycles. The van der Waals surface area contributed by atoms with E-state index in [0.29, 0.717) is 17.5 Å². The highest BCUT2D eigenvalue weighted by molar-refractivity contribution is 4.96. The Morgan fingerprint density at radius 1 is 1.23 bits per heavy atom. The number of nitrogens with one attached hydrogen (secondary N) is 1. The molecule has 1 unspecified atom stereocenters. The predicted molar refractivity (Wildman–Crippen MR) is 53.6 cm³/mol. The van der Waals surface area contributed by atoms with Crippen molar-refractivity contribution in [3.05, 3.63) is 0 Å². The highest BCUT2D eigenvalue weighted by Crippen LogP contribution is 2.40. The molecule has 2 aliphatic rings. The quantitative estimate of drug-likeness (QED) is 0.682. The van der Waals surface area contributed by atoms with Gasteiger partial charge in [0, 0.05) is 12.1 Å². The number of hydrogen-bond acceptors (Lipinski definition) is 2. The fourth-order valence-electron chi connectivity index (χ4n) is 2.57.